The minimum Gasteiger partial charge on any atom is -0.389 e. The summed E-state index contributed by atoms with van der Waals surface area (Å²) in [5.74, 6) is 0.708. The minimum absolute atomic E-state index is 0.249. The maximum atomic E-state index is 9.11. The Bertz CT molecular complexity index is 328. The number of aliphatic hydroxyl groups is 1. The molecule has 0 atom stereocenters. The summed E-state index contributed by atoms with van der Waals surface area (Å²) < 4.78 is 0. The first-order chi connectivity index (χ1) is 6.18. The third-order valence-corrected chi connectivity index (χ3v) is 2.89. The number of β-amino-alcohol motifs (C(OH)–C–C–N with tert-alkyl or cyclic N) is 1. The summed E-state index contributed by atoms with van der Waals surface area (Å²) >= 11 is 10.2. The Labute approximate surface area is 86.8 Å². The van der Waals surface area contributed by atoms with Crippen molar-refractivity contribution in [2.75, 3.05) is 18.0 Å². The van der Waals surface area contributed by atoms with Crippen LogP contribution in [0.25, 0.3) is 0 Å². The lowest BCUT2D eigenvalue weighted by Crippen LogP contribution is -2.51. The van der Waals surface area contributed by atoms with E-state index < -0.39 is 0 Å². The third kappa shape index (κ3) is 1.61. The second-order valence-corrected chi connectivity index (χ2v) is 3.89. The summed E-state index contributed by atoms with van der Waals surface area (Å²) in [6.45, 7) is 1.20. The Morgan fingerprint density at radius 1 is 1.62 bits per heavy atom. The van der Waals surface area contributed by atoms with E-state index in [2.05, 4.69) is 17.6 Å². The van der Waals surface area contributed by atoms with Gasteiger partial charge in [0.25, 0.3) is 0 Å². The highest BCUT2D eigenvalue weighted by atomic mass is 35.5. The number of aliphatic hydroxyl groups excluding tert-OH is 1. The van der Waals surface area contributed by atoms with Crippen molar-refractivity contribution in [1.29, 1.82) is 0 Å². The lowest BCUT2D eigenvalue weighted by atomic mass is 10.2. The van der Waals surface area contributed by atoms with Gasteiger partial charge >= 0.3 is 0 Å². The van der Waals surface area contributed by atoms with Crippen LogP contribution in [0.4, 0.5) is 5.82 Å². The van der Waals surface area contributed by atoms with Crippen LogP contribution in [0, 0.1) is 0 Å². The van der Waals surface area contributed by atoms with Crippen molar-refractivity contribution in [2.45, 2.75) is 11.0 Å². The molecular formula is C8H9ClN2OS. The molecular weight excluding hydrogens is 208 g/mol. The largest absolute Gasteiger partial charge is 0.389 e. The van der Waals surface area contributed by atoms with Crippen molar-refractivity contribution in [3.63, 3.8) is 0 Å². The topological polar surface area (TPSA) is 36.4 Å². The van der Waals surface area contributed by atoms with E-state index in [9.17, 15) is 0 Å². The van der Waals surface area contributed by atoms with Gasteiger partial charge in [-0.25, -0.2) is 4.98 Å². The Morgan fingerprint density at radius 3 is 2.92 bits per heavy atom. The second kappa shape index (κ2) is 3.36. The number of rotatable bonds is 1. The van der Waals surface area contributed by atoms with Crippen molar-refractivity contribution in [1.82, 2.24) is 4.98 Å². The van der Waals surface area contributed by atoms with E-state index in [1.807, 2.05) is 4.90 Å². The van der Waals surface area contributed by atoms with Gasteiger partial charge in [-0.3, -0.25) is 0 Å². The summed E-state index contributed by atoms with van der Waals surface area (Å²) in [6, 6.07) is 1.74. The summed E-state index contributed by atoms with van der Waals surface area (Å²) in [6.07, 6.45) is 1.41. The number of anilines is 1. The first kappa shape index (κ1) is 9.12. The second-order valence-electron chi connectivity index (χ2n) is 3.03. The number of aromatic nitrogens is 1. The number of halogens is 1. The van der Waals surface area contributed by atoms with Gasteiger partial charge in [-0.05, 0) is 6.07 Å². The first-order valence-corrected chi connectivity index (χ1v) is 4.77. The molecule has 0 spiro atoms. The van der Waals surface area contributed by atoms with Crippen LogP contribution in [0.5, 0.6) is 0 Å². The fourth-order valence-corrected chi connectivity index (χ4v) is 1.67. The van der Waals surface area contributed by atoms with Crippen molar-refractivity contribution in [3.05, 3.63) is 17.3 Å². The summed E-state index contributed by atoms with van der Waals surface area (Å²) in [5.41, 5.74) is 0. The molecule has 0 radical (unpaired) electrons. The van der Waals surface area contributed by atoms with Crippen LogP contribution in [-0.2, 0) is 0 Å². The van der Waals surface area contributed by atoms with E-state index in [0.717, 1.165) is 0 Å². The lowest BCUT2D eigenvalue weighted by molar-refractivity contribution is 0.141. The van der Waals surface area contributed by atoms with Crippen LogP contribution in [0.15, 0.2) is 17.2 Å². The average Bonchev–Trinajstić information content (AvgIpc) is 2.05. The Balaban J connectivity index is 2.26. The first-order valence-electron chi connectivity index (χ1n) is 3.95. The van der Waals surface area contributed by atoms with E-state index >= 15 is 0 Å². The molecule has 0 amide bonds. The number of nitrogens with zero attached hydrogens (tertiary/aromatic N) is 2. The van der Waals surface area contributed by atoms with Crippen LogP contribution < -0.4 is 4.90 Å². The highest BCUT2D eigenvalue weighted by Gasteiger charge is 2.27. The normalized spacial score (nSPS) is 17.3. The molecule has 0 unspecified atom stereocenters. The fraction of sp³-hybridized carbons (Fsp3) is 0.375. The molecule has 70 valence electrons. The van der Waals surface area contributed by atoms with E-state index in [4.69, 9.17) is 16.7 Å². The maximum Gasteiger partial charge on any atom is 0.148 e. The van der Waals surface area contributed by atoms with Crippen LogP contribution >= 0.6 is 24.2 Å². The smallest absolute Gasteiger partial charge is 0.148 e. The number of thiol groups is 1. The average molecular weight is 217 g/mol. The summed E-state index contributed by atoms with van der Waals surface area (Å²) in [5, 5.41) is 9.66. The molecule has 13 heavy (non-hydrogen) atoms. The Kier molecular flexibility index (Phi) is 2.36. The van der Waals surface area contributed by atoms with Crippen molar-refractivity contribution in [2.24, 2.45) is 0 Å². The molecule has 5 heteroatoms. The van der Waals surface area contributed by atoms with Gasteiger partial charge in [0, 0.05) is 24.2 Å². The van der Waals surface area contributed by atoms with Crippen LogP contribution in [0.2, 0.25) is 5.02 Å². The molecule has 1 aromatic rings. The van der Waals surface area contributed by atoms with E-state index in [1.165, 1.54) is 0 Å². The van der Waals surface area contributed by atoms with Crippen LogP contribution in [-0.4, -0.2) is 29.3 Å². The van der Waals surface area contributed by atoms with Gasteiger partial charge in [-0.1, -0.05) is 11.6 Å². The highest BCUT2D eigenvalue weighted by Crippen LogP contribution is 2.31. The van der Waals surface area contributed by atoms with Gasteiger partial charge in [0.1, 0.15) is 5.82 Å². The van der Waals surface area contributed by atoms with Gasteiger partial charge in [-0.15, -0.1) is 12.6 Å². The zero-order chi connectivity index (χ0) is 9.42. The molecule has 0 aliphatic carbocycles. The minimum atomic E-state index is -0.249. The lowest BCUT2D eigenvalue weighted by Gasteiger charge is -2.37. The standard InChI is InChI=1S/C8H9ClN2OS/c9-7-6(13)1-2-10-8(7)11-3-5(12)4-11/h1-2,5,12H,3-4H2,(H,10,13). The number of pyridine rings is 1. The monoisotopic (exact) mass is 216 g/mol. The molecule has 2 heterocycles. The number of hydrogen-bond acceptors (Lipinski definition) is 4. The molecule has 3 nitrogen and oxygen atoms in total. The third-order valence-electron chi connectivity index (χ3n) is 2.01. The van der Waals surface area contributed by atoms with E-state index in [1.54, 1.807) is 12.3 Å². The van der Waals surface area contributed by atoms with Gasteiger partial charge in [0.05, 0.1) is 11.1 Å². The van der Waals surface area contributed by atoms with Crippen molar-refractivity contribution >= 4 is 30.0 Å². The zero-order valence-electron chi connectivity index (χ0n) is 6.81. The van der Waals surface area contributed by atoms with Crippen LogP contribution in [0.3, 0.4) is 0 Å². The molecule has 0 aromatic carbocycles. The molecule has 1 aromatic heterocycles. The van der Waals surface area contributed by atoms with Crippen molar-refractivity contribution < 1.29 is 5.11 Å². The quantitative estimate of drug-likeness (QED) is 0.693. The highest BCUT2D eigenvalue weighted by molar-refractivity contribution is 7.80. The van der Waals surface area contributed by atoms with E-state index in [0.29, 0.717) is 28.8 Å². The summed E-state index contributed by atoms with van der Waals surface area (Å²) in [4.78, 5) is 6.77. The molecule has 1 N–H and O–H groups in total. The predicted molar refractivity (Wildman–Crippen MR) is 54.7 cm³/mol. The van der Waals surface area contributed by atoms with Crippen molar-refractivity contribution in [3.8, 4) is 0 Å². The van der Waals surface area contributed by atoms with E-state index in [-0.39, 0.29) is 6.10 Å². The van der Waals surface area contributed by atoms with Gasteiger partial charge in [0.15, 0.2) is 0 Å². The molecule has 0 saturated carbocycles. The van der Waals surface area contributed by atoms with Gasteiger partial charge < -0.3 is 10.0 Å². The SMILES string of the molecule is OC1CN(c2nccc(S)c2Cl)C1. The maximum absolute atomic E-state index is 9.11. The van der Waals surface area contributed by atoms with Gasteiger partial charge in [-0.2, -0.15) is 0 Å². The van der Waals surface area contributed by atoms with Crippen LogP contribution in [0.1, 0.15) is 0 Å². The van der Waals surface area contributed by atoms with Gasteiger partial charge in [0.2, 0.25) is 0 Å². The predicted octanol–water partition coefficient (Wildman–Crippen LogP) is 1.20. The molecule has 1 aliphatic heterocycles. The zero-order valence-corrected chi connectivity index (χ0v) is 8.46. The molecule has 0 bridgehead atoms. The molecule has 1 aliphatic rings. The Hall–Kier alpha value is -0.450. The fourth-order valence-electron chi connectivity index (χ4n) is 1.27. The molecule has 2 rings (SSSR count). The Morgan fingerprint density at radius 2 is 2.31 bits per heavy atom. The summed E-state index contributed by atoms with van der Waals surface area (Å²) in [7, 11) is 0. The number of hydrogen-bond donors (Lipinski definition) is 2. The molecule has 1 fully saturated rings. The molecule has 1 saturated heterocycles.